The van der Waals surface area contributed by atoms with Gasteiger partial charge in [-0.1, -0.05) is 0 Å². The van der Waals surface area contributed by atoms with Crippen molar-refractivity contribution in [3.8, 4) is 5.75 Å². The highest BCUT2D eigenvalue weighted by atomic mass is 16.6. The minimum absolute atomic E-state index is 0.447. The van der Waals surface area contributed by atoms with Crippen LogP contribution < -0.4 is 0 Å². The van der Waals surface area contributed by atoms with Crippen molar-refractivity contribution in [3.63, 3.8) is 0 Å². The van der Waals surface area contributed by atoms with Gasteiger partial charge in [-0.2, -0.15) is 0 Å². The largest absolute Gasteiger partial charge is 0.497 e. The van der Waals surface area contributed by atoms with Gasteiger partial charge in [0.05, 0.1) is 32.4 Å². The minimum Gasteiger partial charge on any atom is -0.497 e. The number of nitro benzene ring substituents is 3. The number of aromatic nitrogens is 1. The van der Waals surface area contributed by atoms with Gasteiger partial charge in [-0.3, -0.25) is 35.3 Å². The molecular formula is C19H18N4O7. The van der Waals surface area contributed by atoms with E-state index in [2.05, 4.69) is 44.8 Å². The molecule has 0 atom stereocenters. The molecule has 1 N–H and O–H groups in total. The summed E-state index contributed by atoms with van der Waals surface area (Å²) in [6.45, 7) is 8.55. The first-order valence-electron chi connectivity index (χ1n) is 8.57. The first kappa shape index (κ1) is 22.1. The van der Waals surface area contributed by atoms with Gasteiger partial charge in [0.2, 0.25) is 0 Å². The Morgan fingerprint density at radius 3 is 1.73 bits per heavy atom. The summed E-state index contributed by atoms with van der Waals surface area (Å²) in [6, 6.07) is 5.29. The number of phenols is 1. The van der Waals surface area contributed by atoms with E-state index in [1.165, 1.54) is 27.6 Å². The third-order valence-electron chi connectivity index (χ3n) is 4.66. The average molecular weight is 414 g/mol. The molecule has 11 nitrogen and oxygen atoms in total. The van der Waals surface area contributed by atoms with E-state index in [9.17, 15) is 30.3 Å². The fraction of sp³-hybridized carbons (Fsp3) is 0.211. The predicted molar refractivity (Wildman–Crippen MR) is 109 cm³/mol. The lowest BCUT2D eigenvalue weighted by Gasteiger charge is -2.07. The maximum absolute atomic E-state index is 10.4. The fourth-order valence-electron chi connectivity index (χ4n) is 2.66. The van der Waals surface area contributed by atoms with Crippen LogP contribution in [0, 0.1) is 58.0 Å². The number of fused-ring (bicyclic) bond motifs is 1. The number of aryl methyl sites for hydroxylation is 4. The molecule has 11 heteroatoms. The van der Waals surface area contributed by atoms with Crippen molar-refractivity contribution < 1.29 is 19.9 Å². The monoisotopic (exact) mass is 414 g/mol. The molecule has 3 rings (SSSR count). The van der Waals surface area contributed by atoms with Crippen LogP contribution in [0.4, 0.5) is 17.1 Å². The lowest BCUT2D eigenvalue weighted by atomic mass is 10.0. The molecule has 1 aromatic heterocycles. The first-order valence-corrected chi connectivity index (χ1v) is 8.57. The van der Waals surface area contributed by atoms with Crippen LogP contribution in [0.25, 0.3) is 10.9 Å². The normalized spacial score (nSPS) is 10.3. The van der Waals surface area contributed by atoms with Crippen LogP contribution >= 0.6 is 0 Å². The average Bonchev–Trinajstić information content (AvgIpc) is 2.66. The van der Waals surface area contributed by atoms with Crippen LogP contribution in [-0.2, 0) is 0 Å². The Kier molecular flexibility index (Phi) is 6.25. The van der Waals surface area contributed by atoms with Gasteiger partial charge in [-0.05, 0) is 62.1 Å². The van der Waals surface area contributed by atoms with Crippen molar-refractivity contribution in [2.24, 2.45) is 0 Å². The zero-order chi connectivity index (χ0) is 22.7. The highest BCUT2D eigenvalue weighted by Gasteiger charge is 2.30. The highest BCUT2D eigenvalue weighted by Crippen LogP contribution is 2.38. The first-order chi connectivity index (χ1) is 13.9. The van der Waals surface area contributed by atoms with Crippen LogP contribution in [-0.4, -0.2) is 24.9 Å². The van der Waals surface area contributed by atoms with Gasteiger partial charge in [0.15, 0.2) is 0 Å². The van der Waals surface area contributed by atoms with Crippen molar-refractivity contribution >= 4 is 28.0 Å². The van der Waals surface area contributed by atoms with Gasteiger partial charge >= 0.3 is 11.4 Å². The van der Waals surface area contributed by atoms with Crippen molar-refractivity contribution in [3.05, 3.63) is 83.1 Å². The summed E-state index contributed by atoms with van der Waals surface area (Å²) in [4.78, 5) is 32.2. The van der Waals surface area contributed by atoms with Crippen LogP contribution in [0.3, 0.4) is 0 Å². The van der Waals surface area contributed by atoms with Crippen LogP contribution in [0.5, 0.6) is 5.75 Å². The molecule has 0 bridgehead atoms. The number of rotatable bonds is 3. The number of hydrogen-bond donors (Lipinski definition) is 1. The third-order valence-corrected chi connectivity index (χ3v) is 4.66. The molecule has 0 aliphatic carbocycles. The summed E-state index contributed by atoms with van der Waals surface area (Å²) in [6.07, 6.45) is 1.95. The number of nitrogens with zero attached hydrogens (tertiary/aromatic N) is 4. The molecule has 30 heavy (non-hydrogen) atoms. The lowest BCUT2D eigenvalue weighted by Crippen LogP contribution is -1.97. The van der Waals surface area contributed by atoms with Gasteiger partial charge in [0.25, 0.3) is 11.4 Å². The molecular weight excluding hydrogens is 396 g/mol. The van der Waals surface area contributed by atoms with E-state index < -0.39 is 37.6 Å². The Labute approximate surface area is 170 Å². The number of phenolic OH excluding ortho intramolecular Hbond substituents is 1. The van der Waals surface area contributed by atoms with Gasteiger partial charge in [-0.15, -0.1) is 0 Å². The Balaban J connectivity index is 0.000000215. The number of non-ortho nitro benzene ring substituents is 1. The van der Waals surface area contributed by atoms with Crippen molar-refractivity contribution in [1.82, 2.24) is 4.98 Å². The van der Waals surface area contributed by atoms with E-state index in [-0.39, 0.29) is 0 Å². The van der Waals surface area contributed by atoms with Crippen molar-refractivity contribution in [2.45, 2.75) is 27.7 Å². The summed E-state index contributed by atoms with van der Waals surface area (Å²) >= 11 is 0. The Morgan fingerprint density at radius 1 is 0.767 bits per heavy atom. The number of pyridine rings is 1. The van der Waals surface area contributed by atoms with Gasteiger partial charge < -0.3 is 5.11 Å². The molecule has 0 aliphatic heterocycles. The molecule has 1 heterocycles. The predicted octanol–water partition coefficient (Wildman–Crippen LogP) is 4.59. The molecule has 0 unspecified atom stereocenters. The maximum atomic E-state index is 10.4. The van der Waals surface area contributed by atoms with Crippen LogP contribution in [0.15, 0.2) is 30.5 Å². The number of hydrogen-bond acceptors (Lipinski definition) is 8. The second-order valence-corrected chi connectivity index (χ2v) is 6.62. The zero-order valence-electron chi connectivity index (χ0n) is 16.6. The Morgan fingerprint density at radius 2 is 1.27 bits per heavy atom. The van der Waals surface area contributed by atoms with Gasteiger partial charge in [-0.25, -0.2) is 0 Å². The van der Waals surface area contributed by atoms with Crippen LogP contribution in [0.2, 0.25) is 0 Å². The molecule has 0 fully saturated rings. The molecule has 0 saturated heterocycles. The van der Waals surface area contributed by atoms with E-state index in [4.69, 9.17) is 5.11 Å². The van der Waals surface area contributed by atoms with Crippen LogP contribution in [0.1, 0.15) is 22.3 Å². The fourth-order valence-corrected chi connectivity index (χ4v) is 2.66. The number of nitro groups is 3. The van der Waals surface area contributed by atoms with Gasteiger partial charge in [0, 0.05) is 11.6 Å². The zero-order valence-corrected chi connectivity index (χ0v) is 16.6. The lowest BCUT2D eigenvalue weighted by molar-refractivity contribution is -0.404. The summed E-state index contributed by atoms with van der Waals surface area (Å²) in [5.41, 5.74) is 3.37. The van der Waals surface area contributed by atoms with E-state index in [0.717, 1.165) is 5.52 Å². The molecule has 0 radical (unpaired) electrons. The maximum Gasteiger partial charge on any atom is 0.324 e. The minimum atomic E-state index is -1.21. The quantitative estimate of drug-likeness (QED) is 0.480. The van der Waals surface area contributed by atoms with Gasteiger partial charge in [0.1, 0.15) is 0 Å². The molecule has 2 aromatic carbocycles. The second-order valence-electron chi connectivity index (χ2n) is 6.62. The van der Waals surface area contributed by atoms with E-state index in [1.54, 1.807) is 0 Å². The molecule has 0 spiro atoms. The third kappa shape index (κ3) is 4.46. The topological polar surface area (TPSA) is 163 Å². The smallest absolute Gasteiger partial charge is 0.324 e. The molecule has 156 valence electrons. The number of aromatic hydroxyl groups is 1. The molecule has 0 aliphatic rings. The summed E-state index contributed by atoms with van der Waals surface area (Å²) in [5.74, 6) is -1.21. The standard InChI is InChI=1S/C13H15N.C6H3N3O7/c1-8-5-12-11(4)10(3)7-14-13(12)6-9(8)2;10-6-4(8(13)14)1-3(7(11)12)2-5(6)9(15)16/h5-7H,1-4H3;1-2,10H. The van der Waals surface area contributed by atoms with Crippen molar-refractivity contribution in [1.29, 1.82) is 0 Å². The second kappa shape index (κ2) is 8.47. The molecule has 0 saturated carbocycles. The highest BCUT2D eigenvalue weighted by molar-refractivity contribution is 5.84. The Bertz CT molecular complexity index is 1160. The summed E-state index contributed by atoms with van der Waals surface area (Å²) < 4.78 is 0. The molecule has 3 aromatic rings. The summed E-state index contributed by atoms with van der Waals surface area (Å²) in [5, 5.41) is 41.5. The summed E-state index contributed by atoms with van der Waals surface area (Å²) in [7, 11) is 0. The SMILES string of the molecule is Cc1cc2ncc(C)c(C)c2cc1C.O=[N+]([O-])c1cc([N+](=O)[O-])c(O)c([N+](=O)[O-])c1. The Hall–Kier alpha value is -4.15. The van der Waals surface area contributed by atoms with E-state index in [1.807, 2.05) is 6.20 Å². The molecule has 0 amide bonds. The number of benzene rings is 2. The van der Waals surface area contributed by atoms with Crippen molar-refractivity contribution in [2.75, 3.05) is 0 Å². The van der Waals surface area contributed by atoms with E-state index >= 15 is 0 Å². The van der Waals surface area contributed by atoms with E-state index in [0.29, 0.717) is 12.1 Å².